The van der Waals surface area contributed by atoms with Gasteiger partial charge in [-0.2, -0.15) is 0 Å². The molecular weight excluding hydrogens is 232 g/mol. The molecule has 0 amide bonds. The number of ether oxygens (including phenoxy) is 2. The lowest BCUT2D eigenvalue weighted by molar-refractivity contribution is 0.0513. The standard InChI is InChI=1S/C13H14N2O3/c1-3-18-13(16)12-14-8-11(15-12)9-4-6-10(17-2)7-5-9/h4-8H,3H2,1-2H3,(H,14,15). The Hall–Kier alpha value is -2.30. The van der Waals surface area contributed by atoms with E-state index >= 15 is 0 Å². The van der Waals surface area contributed by atoms with E-state index in [4.69, 9.17) is 9.47 Å². The number of hydrogen-bond donors (Lipinski definition) is 1. The molecule has 1 N–H and O–H groups in total. The SMILES string of the molecule is CCOC(=O)c1ncc(-c2ccc(OC)cc2)[nH]1. The Balaban J connectivity index is 2.20. The van der Waals surface area contributed by atoms with Crippen molar-refractivity contribution in [2.45, 2.75) is 6.92 Å². The van der Waals surface area contributed by atoms with Crippen LogP contribution in [0.3, 0.4) is 0 Å². The highest BCUT2D eigenvalue weighted by atomic mass is 16.5. The third kappa shape index (κ3) is 2.51. The Morgan fingerprint density at radius 1 is 1.33 bits per heavy atom. The summed E-state index contributed by atoms with van der Waals surface area (Å²) in [5.41, 5.74) is 1.69. The van der Waals surface area contributed by atoms with Crippen LogP contribution >= 0.6 is 0 Å². The van der Waals surface area contributed by atoms with E-state index in [0.29, 0.717) is 6.61 Å². The molecule has 2 rings (SSSR count). The number of hydrogen-bond acceptors (Lipinski definition) is 4. The van der Waals surface area contributed by atoms with Crippen LogP contribution in [0.25, 0.3) is 11.3 Å². The molecule has 0 radical (unpaired) electrons. The number of carbonyl (C=O) groups is 1. The number of methoxy groups -OCH3 is 1. The minimum atomic E-state index is -0.447. The highest BCUT2D eigenvalue weighted by molar-refractivity contribution is 5.86. The molecule has 0 aliphatic carbocycles. The fourth-order valence-electron chi connectivity index (χ4n) is 1.54. The van der Waals surface area contributed by atoms with Crippen LogP contribution in [-0.2, 0) is 4.74 Å². The van der Waals surface area contributed by atoms with Gasteiger partial charge in [0.05, 0.1) is 25.6 Å². The lowest BCUT2D eigenvalue weighted by Gasteiger charge is -2.01. The molecule has 0 aliphatic rings. The van der Waals surface area contributed by atoms with Crippen molar-refractivity contribution in [3.63, 3.8) is 0 Å². The van der Waals surface area contributed by atoms with Gasteiger partial charge in [-0.3, -0.25) is 0 Å². The Morgan fingerprint density at radius 3 is 2.67 bits per heavy atom. The molecule has 0 aliphatic heterocycles. The Morgan fingerprint density at radius 2 is 2.06 bits per heavy atom. The summed E-state index contributed by atoms with van der Waals surface area (Å²) in [5.74, 6) is 0.545. The number of imidazole rings is 1. The first-order valence-corrected chi connectivity index (χ1v) is 5.61. The van der Waals surface area contributed by atoms with Crippen LogP contribution in [0.2, 0.25) is 0 Å². The number of nitrogens with one attached hydrogen (secondary N) is 1. The van der Waals surface area contributed by atoms with Crippen molar-refractivity contribution in [2.75, 3.05) is 13.7 Å². The summed E-state index contributed by atoms with van der Waals surface area (Å²) < 4.78 is 9.94. The molecule has 5 nitrogen and oxygen atoms in total. The van der Waals surface area contributed by atoms with Gasteiger partial charge in [0, 0.05) is 0 Å². The van der Waals surface area contributed by atoms with Gasteiger partial charge in [-0.25, -0.2) is 9.78 Å². The molecule has 0 unspecified atom stereocenters. The van der Waals surface area contributed by atoms with Crippen LogP contribution in [0, 0.1) is 0 Å². The van der Waals surface area contributed by atoms with Gasteiger partial charge in [0.15, 0.2) is 0 Å². The third-order valence-electron chi connectivity index (χ3n) is 2.45. The number of H-pyrrole nitrogens is 1. The number of rotatable bonds is 4. The summed E-state index contributed by atoms with van der Waals surface area (Å²) in [6, 6.07) is 7.48. The summed E-state index contributed by atoms with van der Waals surface area (Å²) in [6.07, 6.45) is 1.61. The Kier molecular flexibility index (Phi) is 3.62. The highest BCUT2D eigenvalue weighted by Gasteiger charge is 2.11. The van der Waals surface area contributed by atoms with Gasteiger partial charge in [0.25, 0.3) is 0 Å². The number of aromatic nitrogens is 2. The van der Waals surface area contributed by atoms with E-state index in [1.54, 1.807) is 20.2 Å². The summed E-state index contributed by atoms with van der Waals surface area (Å²) in [5, 5.41) is 0. The van der Waals surface area contributed by atoms with E-state index in [0.717, 1.165) is 17.0 Å². The molecule has 2 aromatic rings. The van der Waals surface area contributed by atoms with Crippen LogP contribution in [0.5, 0.6) is 5.75 Å². The monoisotopic (exact) mass is 246 g/mol. The molecule has 0 saturated heterocycles. The Bertz CT molecular complexity index is 531. The van der Waals surface area contributed by atoms with Crippen LogP contribution in [0.15, 0.2) is 30.5 Å². The Labute approximate surface area is 105 Å². The molecule has 94 valence electrons. The van der Waals surface area contributed by atoms with Crippen molar-refractivity contribution in [1.82, 2.24) is 9.97 Å². The third-order valence-corrected chi connectivity index (χ3v) is 2.45. The number of aromatic amines is 1. The molecule has 1 aromatic carbocycles. The summed E-state index contributed by atoms with van der Waals surface area (Å²) in [4.78, 5) is 18.4. The maximum absolute atomic E-state index is 11.5. The van der Waals surface area contributed by atoms with E-state index in [1.165, 1.54) is 0 Å². The van der Waals surface area contributed by atoms with E-state index in [1.807, 2.05) is 24.3 Å². The molecule has 0 fully saturated rings. The highest BCUT2D eigenvalue weighted by Crippen LogP contribution is 2.20. The van der Waals surface area contributed by atoms with Crippen molar-refractivity contribution in [3.8, 4) is 17.0 Å². The van der Waals surface area contributed by atoms with E-state index in [2.05, 4.69) is 9.97 Å². The zero-order chi connectivity index (χ0) is 13.0. The van der Waals surface area contributed by atoms with Crippen LogP contribution in [0.1, 0.15) is 17.5 Å². The van der Waals surface area contributed by atoms with Gasteiger partial charge in [-0.15, -0.1) is 0 Å². The molecule has 0 atom stereocenters. The predicted octanol–water partition coefficient (Wildman–Crippen LogP) is 2.26. The average molecular weight is 246 g/mol. The summed E-state index contributed by atoms with van der Waals surface area (Å²) in [7, 11) is 1.62. The topological polar surface area (TPSA) is 64.2 Å². The van der Waals surface area contributed by atoms with Crippen molar-refractivity contribution in [3.05, 3.63) is 36.3 Å². The van der Waals surface area contributed by atoms with E-state index in [9.17, 15) is 4.79 Å². The zero-order valence-corrected chi connectivity index (χ0v) is 10.3. The number of esters is 1. The second-order valence-corrected chi connectivity index (χ2v) is 3.59. The molecule has 1 heterocycles. The minimum Gasteiger partial charge on any atom is -0.497 e. The zero-order valence-electron chi connectivity index (χ0n) is 10.3. The van der Waals surface area contributed by atoms with Gasteiger partial charge in [0.2, 0.25) is 5.82 Å². The first kappa shape index (κ1) is 12.2. The fourth-order valence-corrected chi connectivity index (χ4v) is 1.54. The second kappa shape index (κ2) is 5.35. The normalized spacial score (nSPS) is 10.1. The van der Waals surface area contributed by atoms with E-state index in [-0.39, 0.29) is 5.82 Å². The van der Waals surface area contributed by atoms with Gasteiger partial charge < -0.3 is 14.5 Å². The molecule has 1 aromatic heterocycles. The molecule has 18 heavy (non-hydrogen) atoms. The molecular formula is C13H14N2O3. The largest absolute Gasteiger partial charge is 0.497 e. The van der Waals surface area contributed by atoms with Gasteiger partial charge in [-0.05, 0) is 36.8 Å². The first-order chi connectivity index (χ1) is 8.74. The van der Waals surface area contributed by atoms with Crippen molar-refractivity contribution in [1.29, 1.82) is 0 Å². The predicted molar refractivity (Wildman–Crippen MR) is 66.5 cm³/mol. The number of carbonyl (C=O) groups excluding carboxylic acids is 1. The lowest BCUT2D eigenvalue weighted by atomic mass is 10.2. The fraction of sp³-hybridized carbons (Fsp3) is 0.231. The minimum absolute atomic E-state index is 0.211. The van der Waals surface area contributed by atoms with Crippen LogP contribution in [0.4, 0.5) is 0 Å². The molecule has 0 spiro atoms. The lowest BCUT2D eigenvalue weighted by Crippen LogP contribution is -2.06. The first-order valence-electron chi connectivity index (χ1n) is 5.61. The average Bonchev–Trinajstić information content (AvgIpc) is 2.89. The maximum atomic E-state index is 11.5. The summed E-state index contributed by atoms with van der Waals surface area (Å²) >= 11 is 0. The van der Waals surface area contributed by atoms with Crippen molar-refractivity contribution in [2.24, 2.45) is 0 Å². The number of nitrogens with zero attached hydrogens (tertiary/aromatic N) is 1. The smallest absolute Gasteiger partial charge is 0.374 e. The second-order valence-electron chi connectivity index (χ2n) is 3.59. The van der Waals surface area contributed by atoms with Crippen molar-refractivity contribution < 1.29 is 14.3 Å². The maximum Gasteiger partial charge on any atom is 0.374 e. The molecule has 0 bridgehead atoms. The van der Waals surface area contributed by atoms with E-state index < -0.39 is 5.97 Å². The van der Waals surface area contributed by atoms with Crippen LogP contribution < -0.4 is 4.74 Å². The van der Waals surface area contributed by atoms with Crippen molar-refractivity contribution >= 4 is 5.97 Å². The molecule has 5 heteroatoms. The molecule has 0 saturated carbocycles. The van der Waals surface area contributed by atoms with Gasteiger partial charge in [-0.1, -0.05) is 0 Å². The number of benzene rings is 1. The van der Waals surface area contributed by atoms with Crippen LogP contribution in [-0.4, -0.2) is 29.7 Å². The summed E-state index contributed by atoms with van der Waals surface area (Å²) in [6.45, 7) is 2.09. The van der Waals surface area contributed by atoms with Gasteiger partial charge in [0.1, 0.15) is 5.75 Å². The van der Waals surface area contributed by atoms with Gasteiger partial charge >= 0.3 is 5.97 Å². The quantitative estimate of drug-likeness (QED) is 0.840.